The van der Waals surface area contributed by atoms with Gasteiger partial charge in [-0.3, -0.25) is 0 Å². The highest BCUT2D eigenvalue weighted by Crippen LogP contribution is 2.17. The monoisotopic (exact) mass is 188 g/mol. The average Bonchev–Trinajstić information content (AvgIpc) is 2.36. The Hall–Kier alpha value is -0.370. The van der Waals surface area contributed by atoms with Crippen LogP contribution in [0.15, 0.2) is 12.4 Å². The molecule has 70 valence electrons. The number of hydrogen-bond donors (Lipinski definition) is 0. The second kappa shape index (κ2) is 4.61. The highest BCUT2D eigenvalue weighted by molar-refractivity contribution is 6.20. The lowest BCUT2D eigenvalue weighted by molar-refractivity contribution is 0.251. The van der Waals surface area contributed by atoms with Crippen molar-refractivity contribution in [3.8, 4) is 0 Å². The summed E-state index contributed by atoms with van der Waals surface area (Å²) in [5.41, 5.74) is 0.0295. The largest absolute Gasteiger partial charge is 0.347 e. The fourth-order valence-electron chi connectivity index (χ4n) is 1.29. The Morgan fingerprint density at radius 2 is 2.08 bits per heavy atom. The molecule has 3 heteroatoms. The fraction of sp³-hybridized carbons (Fsp3) is 0.778. The van der Waals surface area contributed by atoms with Crippen LogP contribution in [0.5, 0.6) is 0 Å². The summed E-state index contributed by atoms with van der Waals surface area (Å²) in [6.45, 7) is 3.28. The summed E-state index contributed by atoms with van der Waals surface area (Å²) in [7, 11) is 1.99. The Morgan fingerprint density at radius 3 is 2.58 bits per heavy atom. The van der Waals surface area contributed by atoms with E-state index < -0.39 is 0 Å². The molecular formula is C9H17ClN2. The molecule has 0 aromatic carbocycles. The van der Waals surface area contributed by atoms with E-state index in [1.807, 2.05) is 18.1 Å². The van der Waals surface area contributed by atoms with Crippen LogP contribution in [0.25, 0.3) is 0 Å². The van der Waals surface area contributed by atoms with Gasteiger partial charge in [0, 0.05) is 26.0 Å². The van der Waals surface area contributed by atoms with Crippen LogP contribution in [0, 0.1) is 0 Å². The topological polar surface area (TPSA) is 6.48 Å². The second-order valence-corrected chi connectivity index (χ2v) is 3.61. The molecule has 0 saturated heterocycles. The van der Waals surface area contributed by atoms with E-state index in [9.17, 15) is 0 Å². The van der Waals surface area contributed by atoms with Crippen LogP contribution < -0.4 is 0 Å². The van der Waals surface area contributed by atoms with Crippen LogP contribution in [-0.2, 0) is 0 Å². The van der Waals surface area contributed by atoms with Gasteiger partial charge in [-0.15, -0.1) is 0 Å². The van der Waals surface area contributed by atoms with Gasteiger partial charge in [0.1, 0.15) is 0 Å². The zero-order valence-electron chi connectivity index (χ0n) is 7.83. The van der Waals surface area contributed by atoms with Crippen LogP contribution in [0.4, 0.5) is 0 Å². The third-order valence-electron chi connectivity index (χ3n) is 2.12. The molecule has 0 aliphatic carbocycles. The second-order valence-electron chi connectivity index (χ2n) is 3.22. The standard InChI is InChI=1S/C9H17ClN2/c1-3-4-5-6-12-8-7-11(2)9(12)10/h7-9H,3-6H2,1-2H3. The first-order valence-corrected chi connectivity index (χ1v) is 4.99. The predicted octanol–water partition coefficient (Wildman–Crippen LogP) is 2.42. The summed E-state index contributed by atoms with van der Waals surface area (Å²) in [4.78, 5) is 4.17. The van der Waals surface area contributed by atoms with Gasteiger partial charge in [0.2, 0.25) is 0 Å². The van der Waals surface area contributed by atoms with E-state index >= 15 is 0 Å². The van der Waals surface area contributed by atoms with E-state index in [1.165, 1.54) is 19.3 Å². The van der Waals surface area contributed by atoms with Gasteiger partial charge in [0.25, 0.3) is 0 Å². The lowest BCUT2D eigenvalue weighted by Crippen LogP contribution is -2.31. The first-order chi connectivity index (χ1) is 5.75. The smallest absolute Gasteiger partial charge is 0.179 e. The van der Waals surface area contributed by atoms with Crippen LogP contribution in [-0.4, -0.2) is 29.0 Å². The SMILES string of the molecule is CCCCCN1C=CN(C)C1Cl. The highest BCUT2D eigenvalue weighted by atomic mass is 35.5. The molecule has 12 heavy (non-hydrogen) atoms. The minimum atomic E-state index is 0.0295. The summed E-state index contributed by atoms with van der Waals surface area (Å²) in [6, 6.07) is 0. The Morgan fingerprint density at radius 1 is 1.33 bits per heavy atom. The molecule has 2 nitrogen and oxygen atoms in total. The van der Waals surface area contributed by atoms with Crippen LogP contribution in [0.3, 0.4) is 0 Å². The van der Waals surface area contributed by atoms with Gasteiger partial charge in [0.05, 0.1) is 0 Å². The normalized spacial score (nSPS) is 22.4. The van der Waals surface area contributed by atoms with E-state index in [4.69, 9.17) is 11.6 Å². The van der Waals surface area contributed by atoms with Crippen molar-refractivity contribution < 1.29 is 0 Å². The maximum Gasteiger partial charge on any atom is 0.179 e. The number of unbranched alkanes of at least 4 members (excludes halogenated alkanes) is 2. The molecule has 1 rings (SSSR count). The molecule has 1 aliphatic rings. The number of alkyl halides is 1. The first kappa shape index (κ1) is 9.72. The summed E-state index contributed by atoms with van der Waals surface area (Å²) < 4.78 is 0. The third-order valence-corrected chi connectivity index (χ3v) is 2.68. The molecule has 0 aromatic rings. The summed E-state index contributed by atoms with van der Waals surface area (Å²) in [6.07, 6.45) is 7.87. The van der Waals surface area contributed by atoms with E-state index in [2.05, 4.69) is 18.0 Å². The lowest BCUT2D eigenvalue weighted by atomic mass is 10.2. The van der Waals surface area contributed by atoms with Crippen LogP contribution in [0.2, 0.25) is 0 Å². The van der Waals surface area contributed by atoms with Gasteiger partial charge >= 0.3 is 0 Å². The molecule has 0 amide bonds. The molecule has 1 aliphatic heterocycles. The van der Waals surface area contributed by atoms with E-state index in [0.29, 0.717) is 0 Å². The van der Waals surface area contributed by atoms with Crippen molar-refractivity contribution in [1.29, 1.82) is 0 Å². The molecule has 0 spiro atoms. The highest BCUT2D eigenvalue weighted by Gasteiger charge is 2.19. The van der Waals surface area contributed by atoms with Crippen molar-refractivity contribution in [3.05, 3.63) is 12.4 Å². The molecule has 1 unspecified atom stereocenters. The molecule has 0 saturated carbocycles. The summed E-state index contributed by atoms with van der Waals surface area (Å²) in [5.74, 6) is 0. The molecule has 0 bridgehead atoms. The van der Waals surface area contributed by atoms with Crippen molar-refractivity contribution >= 4 is 11.6 Å². The Labute approximate surface area is 79.8 Å². The molecule has 0 N–H and O–H groups in total. The van der Waals surface area contributed by atoms with E-state index in [0.717, 1.165) is 6.54 Å². The zero-order valence-corrected chi connectivity index (χ0v) is 8.59. The van der Waals surface area contributed by atoms with Gasteiger partial charge in [-0.1, -0.05) is 31.4 Å². The summed E-state index contributed by atoms with van der Waals surface area (Å²) in [5, 5.41) is 0. The van der Waals surface area contributed by atoms with Crippen molar-refractivity contribution in [1.82, 2.24) is 9.80 Å². The van der Waals surface area contributed by atoms with Crippen molar-refractivity contribution in [3.63, 3.8) is 0 Å². The van der Waals surface area contributed by atoms with Gasteiger partial charge < -0.3 is 9.80 Å². The molecule has 0 aromatic heterocycles. The maximum atomic E-state index is 6.10. The predicted molar refractivity (Wildman–Crippen MR) is 52.8 cm³/mol. The Kier molecular flexibility index (Phi) is 3.73. The molecule has 0 fully saturated rings. The maximum absolute atomic E-state index is 6.10. The first-order valence-electron chi connectivity index (χ1n) is 4.55. The van der Waals surface area contributed by atoms with E-state index in [-0.39, 0.29) is 5.62 Å². The summed E-state index contributed by atoms with van der Waals surface area (Å²) >= 11 is 6.10. The van der Waals surface area contributed by atoms with Crippen LogP contribution in [0.1, 0.15) is 26.2 Å². The lowest BCUT2D eigenvalue weighted by Gasteiger charge is -2.24. The van der Waals surface area contributed by atoms with Crippen molar-refractivity contribution in [2.75, 3.05) is 13.6 Å². The third kappa shape index (κ3) is 2.31. The van der Waals surface area contributed by atoms with Gasteiger partial charge in [-0.05, 0) is 6.42 Å². The van der Waals surface area contributed by atoms with Gasteiger partial charge in [0.15, 0.2) is 5.62 Å². The molecular weight excluding hydrogens is 172 g/mol. The molecule has 1 atom stereocenters. The Bertz CT molecular complexity index is 159. The number of rotatable bonds is 4. The van der Waals surface area contributed by atoms with Crippen LogP contribution >= 0.6 is 11.6 Å². The molecule has 0 radical (unpaired) electrons. The Balaban J connectivity index is 2.21. The average molecular weight is 189 g/mol. The van der Waals surface area contributed by atoms with Crippen molar-refractivity contribution in [2.45, 2.75) is 31.8 Å². The number of nitrogens with zero attached hydrogens (tertiary/aromatic N) is 2. The van der Waals surface area contributed by atoms with E-state index in [1.54, 1.807) is 0 Å². The number of halogens is 1. The fourth-order valence-corrected chi connectivity index (χ4v) is 1.52. The minimum Gasteiger partial charge on any atom is -0.347 e. The minimum absolute atomic E-state index is 0.0295. The zero-order chi connectivity index (χ0) is 8.97. The van der Waals surface area contributed by atoms with Gasteiger partial charge in [-0.2, -0.15) is 0 Å². The quantitative estimate of drug-likeness (QED) is 0.380. The van der Waals surface area contributed by atoms with Crippen molar-refractivity contribution in [2.24, 2.45) is 0 Å². The number of hydrogen-bond acceptors (Lipinski definition) is 2. The molecule has 1 heterocycles. The van der Waals surface area contributed by atoms with Gasteiger partial charge in [-0.25, -0.2) is 0 Å².